The zero-order chi connectivity index (χ0) is 18.3. The van der Waals surface area contributed by atoms with Crippen molar-refractivity contribution in [3.05, 3.63) is 87.2 Å². The van der Waals surface area contributed by atoms with E-state index in [2.05, 4.69) is 5.10 Å². The van der Waals surface area contributed by atoms with Crippen LogP contribution in [0.5, 0.6) is 5.88 Å². The van der Waals surface area contributed by atoms with Crippen LogP contribution in [0.3, 0.4) is 0 Å². The van der Waals surface area contributed by atoms with E-state index in [0.29, 0.717) is 11.3 Å². The van der Waals surface area contributed by atoms with E-state index in [4.69, 9.17) is 0 Å². The van der Waals surface area contributed by atoms with Crippen molar-refractivity contribution >= 4 is 23.5 Å². The molecule has 0 amide bonds. The highest BCUT2D eigenvalue weighted by Gasteiger charge is 2.20. The van der Waals surface area contributed by atoms with Crippen molar-refractivity contribution in [2.45, 2.75) is 6.92 Å². The van der Waals surface area contributed by atoms with Crippen LogP contribution in [0, 0.1) is 6.92 Å². The number of fused-ring (bicyclic) bond motifs is 1. The van der Waals surface area contributed by atoms with Gasteiger partial charge in [-0.25, -0.2) is 4.68 Å². The second kappa shape index (κ2) is 6.04. The molecule has 0 radical (unpaired) electrons. The van der Waals surface area contributed by atoms with Gasteiger partial charge in [0.15, 0.2) is 5.78 Å². The lowest BCUT2D eigenvalue weighted by Crippen LogP contribution is -2.08. The molecule has 1 aromatic heterocycles. The number of carbonyl (C=O) groups is 1. The largest absolute Gasteiger partial charge is 0.493 e. The van der Waals surface area contributed by atoms with Gasteiger partial charge in [0.05, 0.1) is 5.69 Å². The Hall–Kier alpha value is -3.60. The van der Waals surface area contributed by atoms with Gasteiger partial charge in [0.25, 0.3) is 5.56 Å². The van der Waals surface area contributed by atoms with Crippen LogP contribution in [-0.2, 0) is 4.79 Å². The number of benzene rings is 2. The fourth-order valence-electron chi connectivity index (χ4n) is 3.02. The fourth-order valence-corrected chi connectivity index (χ4v) is 3.02. The summed E-state index contributed by atoms with van der Waals surface area (Å²) >= 11 is 0. The summed E-state index contributed by atoms with van der Waals surface area (Å²) in [5, 5.41) is 13.2. The Morgan fingerprint density at radius 1 is 1.00 bits per heavy atom. The predicted molar refractivity (Wildman–Crippen MR) is 101 cm³/mol. The first-order valence-corrected chi connectivity index (χ1v) is 8.19. The van der Waals surface area contributed by atoms with Gasteiger partial charge in [0, 0.05) is 5.57 Å². The first-order valence-electron chi connectivity index (χ1n) is 8.19. The van der Waals surface area contributed by atoms with Crippen LogP contribution in [0.1, 0.15) is 22.3 Å². The highest BCUT2D eigenvalue weighted by molar-refractivity contribution is 6.33. The Kier molecular flexibility index (Phi) is 3.69. The van der Waals surface area contributed by atoms with Crippen LogP contribution < -0.4 is 5.56 Å². The number of aryl methyl sites for hydroxylation is 1. The maximum Gasteiger partial charge on any atom is 0.275 e. The van der Waals surface area contributed by atoms with Gasteiger partial charge >= 0.3 is 0 Å². The summed E-state index contributed by atoms with van der Waals surface area (Å²) in [4.78, 5) is 24.7. The number of aromatic nitrogens is 2. The number of H-pyrrole nitrogens is 1. The Bertz CT molecular complexity index is 1130. The van der Waals surface area contributed by atoms with E-state index in [1.54, 1.807) is 18.2 Å². The predicted octanol–water partition coefficient (Wildman–Crippen LogP) is 3.32. The monoisotopic (exact) mass is 344 g/mol. The van der Waals surface area contributed by atoms with Crippen molar-refractivity contribution in [3.8, 4) is 11.6 Å². The molecule has 0 bridgehead atoms. The smallest absolute Gasteiger partial charge is 0.275 e. The quantitative estimate of drug-likeness (QED) is 0.700. The number of allylic oxidation sites excluding steroid dienone is 2. The molecule has 1 aliphatic rings. The molecular formula is C21H16N2O3. The third-order valence-corrected chi connectivity index (χ3v) is 4.42. The Morgan fingerprint density at radius 3 is 2.50 bits per heavy atom. The minimum Gasteiger partial charge on any atom is -0.493 e. The molecule has 0 unspecified atom stereocenters. The van der Waals surface area contributed by atoms with Gasteiger partial charge in [-0.2, -0.15) is 0 Å². The van der Waals surface area contributed by atoms with Gasteiger partial charge in [0.1, 0.15) is 5.56 Å². The van der Waals surface area contributed by atoms with Crippen LogP contribution in [0.25, 0.3) is 23.4 Å². The topological polar surface area (TPSA) is 75.1 Å². The molecule has 2 N–H and O–H groups in total. The van der Waals surface area contributed by atoms with Crippen molar-refractivity contribution in [3.63, 3.8) is 0 Å². The molecule has 128 valence electrons. The summed E-state index contributed by atoms with van der Waals surface area (Å²) in [5.41, 5.74) is 3.31. The Labute approximate surface area is 149 Å². The van der Waals surface area contributed by atoms with E-state index in [-0.39, 0.29) is 17.2 Å². The average molecular weight is 344 g/mol. The van der Waals surface area contributed by atoms with Gasteiger partial charge in [-0.1, -0.05) is 48.0 Å². The maximum absolute atomic E-state index is 12.4. The molecule has 0 atom stereocenters. The lowest BCUT2D eigenvalue weighted by Gasteiger charge is -2.12. The molecule has 0 saturated heterocycles. The summed E-state index contributed by atoms with van der Waals surface area (Å²) < 4.78 is 1.31. The molecular weight excluding hydrogens is 328 g/mol. The second-order valence-electron chi connectivity index (χ2n) is 6.19. The number of aromatic hydroxyl groups is 1. The number of hydrogen-bond acceptors (Lipinski definition) is 3. The van der Waals surface area contributed by atoms with Crippen molar-refractivity contribution in [2.75, 3.05) is 0 Å². The van der Waals surface area contributed by atoms with Crippen LogP contribution in [0.2, 0.25) is 0 Å². The van der Waals surface area contributed by atoms with E-state index in [1.807, 2.05) is 43.3 Å². The van der Waals surface area contributed by atoms with Crippen molar-refractivity contribution in [1.82, 2.24) is 9.78 Å². The fraction of sp³-hybridized carbons (Fsp3) is 0.0476. The summed E-state index contributed by atoms with van der Waals surface area (Å²) in [6, 6.07) is 14.8. The van der Waals surface area contributed by atoms with E-state index in [1.165, 1.54) is 16.8 Å². The van der Waals surface area contributed by atoms with Gasteiger partial charge in [-0.15, -0.1) is 0 Å². The normalized spacial score (nSPS) is 14.7. The number of ketones is 1. The van der Waals surface area contributed by atoms with Crippen LogP contribution in [-0.4, -0.2) is 20.7 Å². The average Bonchev–Trinajstić information content (AvgIpc) is 2.92. The minimum absolute atomic E-state index is 0.0547. The summed E-state index contributed by atoms with van der Waals surface area (Å²) in [6.07, 6.45) is 4.66. The van der Waals surface area contributed by atoms with E-state index < -0.39 is 5.56 Å². The molecule has 3 aromatic rings. The second-order valence-corrected chi connectivity index (χ2v) is 6.19. The van der Waals surface area contributed by atoms with E-state index in [0.717, 1.165) is 16.7 Å². The molecule has 2 aromatic carbocycles. The molecule has 5 heteroatoms. The van der Waals surface area contributed by atoms with Crippen molar-refractivity contribution in [1.29, 1.82) is 0 Å². The molecule has 0 fully saturated rings. The summed E-state index contributed by atoms with van der Waals surface area (Å²) in [6.45, 7) is 1.96. The Morgan fingerprint density at radius 2 is 1.73 bits per heavy atom. The number of nitrogens with zero attached hydrogens (tertiary/aromatic N) is 1. The first kappa shape index (κ1) is 15.9. The zero-order valence-corrected chi connectivity index (χ0v) is 14.1. The number of carbonyl (C=O) groups excluding carboxylic acids is 1. The maximum atomic E-state index is 12.4. The van der Waals surface area contributed by atoms with Crippen molar-refractivity contribution in [2.24, 2.45) is 0 Å². The number of nitrogens with one attached hydrogen (secondary N) is 1. The Balaban J connectivity index is 1.86. The molecule has 1 heterocycles. The van der Waals surface area contributed by atoms with Gasteiger partial charge in [-0.3, -0.25) is 14.7 Å². The van der Waals surface area contributed by atoms with Gasteiger partial charge < -0.3 is 5.11 Å². The molecule has 0 saturated carbocycles. The van der Waals surface area contributed by atoms with E-state index in [9.17, 15) is 14.7 Å². The van der Waals surface area contributed by atoms with Crippen LogP contribution in [0.15, 0.2) is 59.4 Å². The first-order chi connectivity index (χ1) is 12.5. The number of hydrogen-bond donors (Lipinski definition) is 2. The standard InChI is InChI=1S/C21H16N2O3/c1-13-6-9-15(10-7-13)23-21(26)18(20(25)22-23)12-17-16-5-3-2-4-14(16)8-11-19(17)24/h2-12,26H,1H3,(H,22,25). The molecule has 0 aliphatic heterocycles. The summed E-state index contributed by atoms with van der Waals surface area (Å²) in [7, 11) is 0. The molecule has 1 aliphatic carbocycles. The highest BCUT2D eigenvalue weighted by Crippen LogP contribution is 2.30. The lowest BCUT2D eigenvalue weighted by molar-refractivity contribution is -0.109. The minimum atomic E-state index is -0.463. The van der Waals surface area contributed by atoms with Crippen LogP contribution in [0.4, 0.5) is 0 Å². The molecule has 26 heavy (non-hydrogen) atoms. The highest BCUT2D eigenvalue weighted by atomic mass is 16.3. The molecule has 5 nitrogen and oxygen atoms in total. The van der Waals surface area contributed by atoms with Crippen LogP contribution >= 0.6 is 0 Å². The number of aromatic amines is 1. The lowest BCUT2D eigenvalue weighted by atomic mass is 9.90. The molecule has 4 rings (SSSR count). The van der Waals surface area contributed by atoms with Crippen molar-refractivity contribution < 1.29 is 9.90 Å². The third kappa shape index (κ3) is 2.59. The van der Waals surface area contributed by atoms with E-state index >= 15 is 0 Å². The van der Waals surface area contributed by atoms with Gasteiger partial charge in [-0.05, 0) is 42.3 Å². The molecule has 0 spiro atoms. The summed E-state index contributed by atoms with van der Waals surface area (Å²) in [5.74, 6) is -0.434. The third-order valence-electron chi connectivity index (χ3n) is 4.42. The number of rotatable bonds is 2. The SMILES string of the molecule is Cc1ccc(-n2[nH]c(=O)c(C=C3C(=O)C=Cc4ccccc43)c2O)cc1. The zero-order valence-electron chi connectivity index (χ0n) is 14.1. The van der Waals surface area contributed by atoms with Gasteiger partial charge in [0.2, 0.25) is 5.88 Å².